The smallest absolute Gasteiger partial charge is 0.166 e. The van der Waals surface area contributed by atoms with Crippen molar-refractivity contribution in [3.05, 3.63) is 34.6 Å². The summed E-state index contributed by atoms with van der Waals surface area (Å²) >= 11 is 5.58. The van der Waals surface area contributed by atoms with Gasteiger partial charge < -0.3 is 0 Å². The van der Waals surface area contributed by atoms with E-state index < -0.39 is 16.8 Å². The molecular weight excluding hydrogens is 269 g/mol. The lowest BCUT2D eigenvalue weighted by Crippen LogP contribution is -2.06. The zero-order valence-corrected chi connectivity index (χ0v) is 9.79. The van der Waals surface area contributed by atoms with Crippen molar-refractivity contribution in [3.8, 4) is 11.4 Å². The molecule has 8 heteroatoms. The lowest BCUT2D eigenvalue weighted by molar-refractivity contribution is -0.137. The van der Waals surface area contributed by atoms with E-state index in [0.717, 1.165) is 12.1 Å². The maximum Gasteiger partial charge on any atom is 0.417 e. The third-order valence-electron chi connectivity index (χ3n) is 2.11. The van der Waals surface area contributed by atoms with Crippen LogP contribution in [0.2, 0.25) is 5.02 Å². The molecule has 1 aromatic heterocycles. The van der Waals surface area contributed by atoms with Gasteiger partial charge in [-0.3, -0.25) is 0 Å². The molecule has 4 nitrogen and oxygen atoms in total. The Bertz CT molecular complexity index is 568. The van der Waals surface area contributed by atoms with Crippen molar-refractivity contribution in [3.63, 3.8) is 0 Å². The Hall–Kier alpha value is -1.76. The lowest BCUT2D eigenvalue weighted by atomic mass is 10.1. The van der Waals surface area contributed by atoms with Gasteiger partial charge in [0.05, 0.1) is 10.6 Å². The number of hydrogen-bond donors (Lipinski definition) is 0. The Morgan fingerprint density at radius 2 is 1.67 bits per heavy atom. The molecule has 0 unspecified atom stereocenters. The van der Waals surface area contributed by atoms with Crippen molar-refractivity contribution in [1.29, 1.82) is 0 Å². The monoisotopic (exact) mass is 274 g/mol. The lowest BCUT2D eigenvalue weighted by Gasteiger charge is -2.09. The summed E-state index contributed by atoms with van der Waals surface area (Å²) in [5.74, 6) is 0.494. The van der Waals surface area contributed by atoms with E-state index in [9.17, 15) is 13.2 Å². The Morgan fingerprint density at radius 3 is 2.17 bits per heavy atom. The third-order valence-corrected chi connectivity index (χ3v) is 2.42. The number of rotatable bonds is 1. The minimum Gasteiger partial charge on any atom is -0.166 e. The zero-order chi connectivity index (χ0) is 13.3. The summed E-state index contributed by atoms with van der Waals surface area (Å²) in [4.78, 5) is 0. The van der Waals surface area contributed by atoms with Crippen molar-refractivity contribution >= 4 is 11.6 Å². The summed E-state index contributed by atoms with van der Waals surface area (Å²) < 4.78 is 37.5. The SMILES string of the molecule is Cc1nnc(-c2ccc(C(F)(F)F)c(Cl)c2)nn1. The van der Waals surface area contributed by atoms with E-state index in [2.05, 4.69) is 20.4 Å². The van der Waals surface area contributed by atoms with Crippen LogP contribution in [-0.4, -0.2) is 20.4 Å². The van der Waals surface area contributed by atoms with E-state index in [0.29, 0.717) is 11.4 Å². The van der Waals surface area contributed by atoms with Gasteiger partial charge in [-0.1, -0.05) is 17.7 Å². The van der Waals surface area contributed by atoms with E-state index in [1.165, 1.54) is 6.07 Å². The first-order valence-corrected chi connectivity index (χ1v) is 5.17. The van der Waals surface area contributed by atoms with Gasteiger partial charge in [0.15, 0.2) is 5.82 Å². The van der Waals surface area contributed by atoms with E-state index in [1.54, 1.807) is 6.92 Å². The van der Waals surface area contributed by atoms with Crippen LogP contribution in [0, 0.1) is 6.92 Å². The first-order valence-electron chi connectivity index (χ1n) is 4.79. The minimum atomic E-state index is -4.49. The van der Waals surface area contributed by atoms with Crippen molar-refractivity contribution in [2.24, 2.45) is 0 Å². The highest BCUT2D eigenvalue weighted by molar-refractivity contribution is 6.31. The number of hydrogen-bond acceptors (Lipinski definition) is 4. The molecule has 0 bridgehead atoms. The fourth-order valence-electron chi connectivity index (χ4n) is 1.28. The summed E-state index contributed by atoms with van der Waals surface area (Å²) in [6.07, 6.45) is -4.49. The molecule has 1 aromatic carbocycles. The van der Waals surface area contributed by atoms with Crippen LogP contribution >= 0.6 is 11.6 Å². The fraction of sp³-hybridized carbons (Fsp3) is 0.200. The summed E-state index contributed by atoms with van der Waals surface area (Å²) in [5.41, 5.74) is -0.575. The third kappa shape index (κ3) is 2.56. The average Bonchev–Trinajstić information content (AvgIpc) is 2.28. The van der Waals surface area contributed by atoms with Crippen molar-refractivity contribution in [2.75, 3.05) is 0 Å². The molecule has 0 aliphatic carbocycles. The molecule has 18 heavy (non-hydrogen) atoms. The second-order valence-electron chi connectivity index (χ2n) is 3.46. The Labute approximate surface area is 105 Å². The molecule has 0 amide bonds. The maximum atomic E-state index is 12.5. The molecule has 0 radical (unpaired) electrons. The Kier molecular flexibility index (Phi) is 3.16. The van der Waals surface area contributed by atoms with Crippen molar-refractivity contribution in [1.82, 2.24) is 20.4 Å². The van der Waals surface area contributed by atoms with Gasteiger partial charge >= 0.3 is 6.18 Å². The molecular formula is C10H6ClF3N4. The van der Waals surface area contributed by atoms with Gasteiger partial charge in [0.2, 0.25) is 5.82 Å². The topological polar surface area (TPSA) is 51.6 Å². The van der Waals surface area contributed by atoms with E-state index in [-0.39, 0.29) is 5.82 Å². The molecule has 0 spiro atoms. The number of aromatic nitrogens is 4. The van der Waals surface area contributed by atoms with Gasteiger partial charge in [-0.05, 0) is 19.1 Å². The predicted octanol–water partition coefficient (Wildman–Crippen LogP) is 2.91. The normalized spacial score (nSPS) is 11.6. The van der Waals surface area contributed by atoms with E-state index >= 15 is 0 Å². The quantitative estimate of drug-likeness (QED) is 0.802. The minimum absolute atomic E-state index is 0.122. The molecule has 1 heterocycles. The fourth-order valence-corrected chi connectivity index (χ4v) is 1.57. The van der Waals surface area contributed by atoms with Gasteiger partial charge in [0, 0.05) is 5.56 Å². The Balaban J connectivity index is 2.43. The number of nitrogens with zero attached hydrogens (tertiary/aromatic N) is 4. The second kappa shape index (κ2) is 4.49. The molecule has 2 aromatic rings. The van der Waals surface area contributed by atoms with Gasteiger partial charge in [-0.15, -0.1) is 20.4 Å². The number of aryl methyl sites for hydroxylation is 1. The zero-order valence-electron chi connectivity index (χ0n) is 9.03. The summed E-state index contributed by atoms with van der Waals surface area (Å²) in [5, 5.41) is 14.4. The largest absolute Gasteiger partial charge is 0.417 e. The summed E-state index contributed by atoms with van der Waals surface area (Å²) in [6.45, 7) is 1.60. The Morgan fingerprint density at radius 1 is 1.06 bits per heavy atom. The molecule has 0 saturated heterocycles. The average molecular weight is 275 g/mol. The highest BCUT2D eigenvalue weighted by Crippen LogP contribution is 2.36. The highest BCUT2D eigenvalue weighted by atomic mass is 35.5. The molecule has 0 N–H and O–H groups in total. The highest BCUT2D eigenvalue weighted by Gasteiger charge is 2.33. The van der Waals surface area contributed by atoms with E-state index in [1.807, 2.05) is 0 Å². The first-order chi connectivity index (χ1) is 8.38. The maximum absolute atomic E-state index is 12.5. The van der Waals surface area contributed by atoms with Crippen LogP contribution in [0.3, 0.4) is 0 Å². The van der Waals surface area contributed by atoms with Crippen LogP contribution in [-0.2, 0) is 6.18 Å². The number of benzene rings is 1. The van der Waals surface area contributed by atoms with Gasteiger partial charge in [0.1, 0.15) is 0 Å². The second-order valence-corrected chi connectivity index (χ2v) is 3.87. The molecule has 0 atom stereocenters. The number of halogens is 4. The molecule has 0 aliphatic rings. The van der Waals surface area contributed by atoms with Crippen molar-refractivity contribution in [2.45, 2.75) is 13.1 Å². The van der Waals surface area contributed by atoms with Gasteiger partial charge in [-0.2, -0.15) is 13.2 Å². The summed E-state index contributed by atoms with van der Waals surface area (Å²) in [7, 11) is 0. The molecule has 0 aliphatic heterocycles. The molecule has 0 fully saturated rings. The first kappa shape index (κ1) is 12.7. The van der Waals surface area contributed by atoms with Crippen LogP contribution in [0.15, 0.2) is 18.2 Å². The van der Waals surface area contributed by atoms with Crippen LogP contribution in [0.1, 0.15) is 11.4 Å². The van der Waals surface area contributed by atoms with Crippen LogP contribution in [0.5, 0.6) is 0 Å². The summed E-state index contributed by atoms with van der Waals surface area (Å²) in [6, 6.07) is 3.24. The van der Waals surface area contributed by atoms with Crippen LogP contribution < -0.4 is 0 Å². The molecule has 0 saturated carbocycles. The number of alkyl halides is 3. The van der Waals surface area contributed by atoms with Crippen molar-refractivity contribution < 1.29 is 13.2 Å². The molecule has 2 rings (SSSR count). The molecule has 94 valence electrons. The predicted molar refractivity (Wildman–Crippen MR) is 57.8 cm³/mol. The standard InChI is InChI=1S/C10H6ClF3N4/c1-5-15-17-9(18-16-5)6-2-3-7(8(11)4-6)10(12,13)14/h2-4H,1H3. The van der Waals surface area contributed by atoms with Gasteiger partial charge in [0.25, 0.3) is 0 Å². The van der Waals surface area contributed by atoms with Crippen LogP contribution in [0.4, 0.5) is 13.2 Å². The van der Waals surface area contributed by atoms with Crippen LogP contribution in [0.25, 0.3) is 11.4 Å². The van der Waals surface area contributed by atoms with E-state index in [4.69, 9.17) is 11.6 Å². The van der Waals surface area contributed by atoms with Gasteiger partial charge in [-0.25, -0.2) is 0 Å².